The van der Waals surface area contributed by atoms with E-state index in [9.17, 15) is 5.11 Å². The molecule has 1 aliphatic carbocycles. The molecule has 2 aliphatic rings. The Bertz CT molecular complexity index is 657. The molecule has 1 aromatic carbocycles. The average Bonchev–Trinajstić information content (AvgIpc) is 3.19. The van der Waals surface area contributed by atoms with Gasteiger partial charge in [0.1, 0.15) is 5.75 Å². The van der Waals surface area contributed by atoms with Crippen LogP contribution in [-0.4, -0.2) is 21.5 Å². The van der Waals surface area contributed by atoms with Crippen LogP contribution < -0.4 is 0 Å². The predicted octanol–water partition coefficient (Wildman–Crippen LogP) is 3.97. The van der Waals surface area contributed by atoms with Crippen LogP contribution in [0.5, 0.6) is 5.75 Å². The first-order chi connectivity index (χ1) is 9.75. The molecule has 106 valence electrons. The zero-order valence-electron chi connectivity index (χ0n) is 11.2. The normalized spacial score (nSPS) is 23.4. The molecule has 1 saturated heterocycles. The molecule has 1 aliphatic heterocycles. The summed E-state index contributed by atoms with van der Waals surface area (Å²) in [5.41, 5.74) is 1.76. The Balaban J connectivity index is 1.84. The van der Waals surface area contributed by atoms with Gasteiger partial charge in [0.05, 0.1) is 17.1 Å². The molecule has 1 atom stereocenters. The highest BCUT2D eigenvalue weighted by Crippen LogP contribution is 2.49. The van der Waals surface area contributed by atoms with E-state index in [1.54, 1.807) is 6.20 Å². The molecule has 4 rings (SSSR count). The van der Waals surface area contributed by atoms with Crippen molar-refractivity contribution in [3.05, 3.63) is 22.8 Å². The first-order valence-electron chi connectivity index (χ1n) is 7.26. The number of benzene rings is 1. The van der Waals surface area contributed by atoms with Gasteiger partial charge in [-0.2, -0.15) is 5.10 Å². The van der Waals surface area contributed by atoms with E-state index in [2.05, 4.69) is 5.10 Å². The number of phenols is 1. The van der Waals surface area contributed by atoms with Crippen LogP contribution in [0.15, 0.2) is 12.3 Å². The highest BCUT2D eigenvalue weighted by Gasteiger charge is 2.31. The number of phenolic OH excluding ortho intramolecular Hbond substituents is 1. The number of aromatic nitrogens is 2. The van der Waals surface area contributed by atoms with Gasteiger partial charge in [0.15, 0.2) is 6.23 Å². The molecule has 1 saturated carbocycles. The van der Waals surface area contributed by atoms with Gasteiger partial charge in [-0.3, -0.25) is 0 Å². The van der Waals surface area contributed by atoms with E-state index < -0.39 is 0 Å². The van der Waals surface area contributed by atoms with Gasteiger partial charge < -0.3 is 9.84 Å². The topological polar surface area (TPSA) is 47.3 Å². The number of nitrogens with zero attached hydrogens (tertiary/aromatic N) is 2. The van der Waals surface area contributed by atoms with E-state index in [0.717, 1.165) is 55.2 Å². The van der Waals surface area contributed by atoms with E-state index in [1.807, 2.05) is 10.7 Å². The number of rotatable bonds is 2. The van der Waals surface area contributed by atoms with E-state index in [0.29, 0.717) is 16.7 Å². The monoisotopic (exact) mass is 292 g/mol. The number of ether oxygens (including phenoxy) is 1. The summed E-state index contributed by atoms with van der Waals surface area (Å²) in [6, 6.07) is 1.93. The molecular weight excluding hydrogens is 276 g/mol. The molecule has 0 bridgehead atoms. The van der Waals surface area contributed by atoms with Crippen molar-refractivity contribution in [3.63, 3.8) is 0 Å². The highest BCUT2D eigenvalue weighted by atomic mass is 35.5. The maximum Gasteiger partial charge on any atom is 0.150 e. The second kappa shape index (κ2) is 4.64. The summed E-state index contributed by atoms with van der Waals surface area (Å²) >= 11 is 6.37. The van der Waals surface area contributed by atoms with Gasteiger partial charge in [-0.25, -0.2) is 4.68 Å². The van der Waals surface area contributed by atoms with Crippen LogP contribution >= 0.6 is 11.6 Å². The molecule has 1 unspecified atom stereocenters. The summed E-state index contributed by atoms with van der Waals surface area (Å²) in [5, 5.41) is 16.3. The molecule has 2 aromatic rings. The van der Waals surface area contributed by atoms with Crippen LogP contribution in [0.2, 0.25) is 5.02 Å². The van der Waals surface area contributed by atoms with Crippen molar-refractivity contribution in [3.8, 4) is 5.75 Å². The summed E-state index contributed by atoms with van der Waals surface area (Å²) in [5.74, 6) is 0.721. The molecule has 20 heavy (non-hydrogen) atoms. The lowest BCUT2D eigenvalue weighted by atomic mass is 10.1. The van der Waals surface area contributed by atoms with Crippen molar-refractivity contribution >= 4 is 22.5 Å². The first kappa shape index (κ1) is 12.5. The molecular formula is C15H17ClN2O2. The summed E-state index contributed by atoms with van der Waals surface area (Å²) in [6.07, 6.45) is 7.12. The van der Waals surface area contributed by atoms with Gasteiger partial charge in [0.2, 0.25) is 0 Å². The van der Waals surface area contributed by atoms with Crippen LogP contribution in [-0.2, 0) is 4.74 Å². The van der Waals surface area contributed by atoms with Crippen molar-refractivity contribution < 1.29 is 9.84 Å². The number of fused-ring (bicyclic) bond motifs is 1. The SMILES string of the molecule is Oc1c(C2CC2)c(Cl)cc2c1cnn2C1CCCCO1. The van der Waals surface area contributed by atoms with Gasteiger partial charge in [-0.15, -0.1) is 0 Å². The standard InChI is InChI=1S/C15H17ClN2O2/c16-11-7-12-10(15(19)14(11)9-4-5-9)8-17-18(12)13-3-1-2-6-20-13/h7-9,13,19H,1-6H2. The van der Waals surface area contributed by atoms with Crippen molar-refractivity contribution in [2.24, 2.45) is 0 Å². The van der Waals surface area contributed by atoms with Gasteiger partial charge in [0, 0.05) is 17.2 Å². The fourth-order valence-corrected chi connectivity index (χ4v) is 3.41. The number of aromatic hydroxyl groups is 1. The number of hydrogen-bond donors (Lipinski definition) is 1. The van der Waals surface area contributed by atoms with Crippen LogP contribution in [0, 0.1) is 0 Å². The number of hydrogen-bond acceptors (Lipinski definition) is 3. The lowest BCUT2D eigenvalue weighted by molar-refractivity contribution is -0.0366. The fourth-order valence-electron chi connectivity index (χ4n) is 3.06. The third-order valence-electron chi connectivity index (χ3n) is 4.28. The van der Waals surface area contributed by atoms with Gasteiger partial charge >= 0.3 is 0 Å². The van der Waals surface area contributed by atoms with Crippen molar-refractivity contribution in [2.45, 2.75) is 44.2 Å². The van der Waals surface area contributed by atoms with E-state index in [-0.39, 0.29) is 6.23 Å². The Labute approximate surface area is 122 Å². The highest BCUT2D eigenvalue weighted by molar-refractivity contribution is 6.32. The Hall–Kier alpha value is -1.26. The third kappa shape index (κ3) is 1.90. The molecule has 2 heterocycles. The minimum absolute atomic E-state index is 0.0384. The minimum Gasteiger partial charge on any atom is -0.507 e. The Morgan fingerprint density at radius 2 is 2.15 bits per heavy atom. The summed E-state index contributed by atoms with van der Waals surface area (Å²) in [7, 11) is 0. The lowest BCUT2D eigenvalue weighted by Crippen LogP contribution is -2.18. The van der Waals surface area contributed by atoms with Crippen molar-refractivity contribution in [1.29, 1.82) is 0 Å². The second-order valence-electron chi connectivity index (χ2n) is 5.74. The van der Waals surface area contributed by atoms with Crippen LogP contribution in [0.1, 0.15) is 49.8 Å². The Morgan fingerprint density at radius 3 is 2.85 bits per heavy atom. The van der Waals surface area contributed by atoms with Crippen molar-refractivity contribution in [1.82, 2.24) is 9.78 Å². The zero-order chi connectivity index (χ0) is 13.7. The molecule has 2 fully saturated rings. The molecule has 1 N–H and O–H groups in total. The fraction of sp³-hybridized carbons (Fsp3) is 0.533. The van der Waals surface area contributed by atoms with Gasteiger partial charge in [0.25, 0.3) is 0 Å². The van der Waals surface area contributed by atoms with Crippen LogP contribution in [0.25, 0.3) is 10.9 Å². The van der Waals surface area contributed by atoms with E-state index >= 15 is 0 Å². The lowest BCUT2D eigenvalue weighted by Gasteiger charge is -2.23. The summed E-state index contributed by atoms with van der Waals surface area (Å²) in [6.45, 7) is 0.770. The Kier molecular flexibility index (Phi) is 2.89. The smallest absolute Gasteiger partial charge is 0.150 e. The molecule has 5 heteroatoms. The summed E-state index contributed by atoms with van der Waals surface area (Å²) < 4.78 is 7.63. The zero-order valence-corrected chi connectivity index (χ0v) is 11.9. The number of halogens is 1. The average molecular weight is 293 g/mol. The summed E-state index contributed by atoms with van der Waals surface area (Å²) in [4.78, 5) is 0. The van der Waals surface area contributed by atoms with E-state index in [1.165, 1.54) is 0 Å². The molecule has 0 radical (unpaired) electrons. The molecule has 0 spiro atoms. The van der Waals surface area contributed by atoms with Crippen molar-refractivity contribution in [2.75, 3.05) is 6.61 Å². The predicted molar refractivity (Wildman–Crippen MR) is 77.2 cm³/mol. The first-order valence-corrected chi connectivity index (χ1v) is 7.63. The molecule has 4 nitrogen and oxygen atoms in total. The van der Waals surface area contributed by atoms with E-state index in [4.69, 9.17) is 16.3 Å². The third-order valence-corrected chi connectivity index (χ3v) is 4.59. The van der Waals surface area contributed by atoms with Gasteiger partial charge in [-0.1, -0.05) is 11.6 Å². The van der Waals surface area contributed by atoms with Crippen LogP contribution in [0.3, 0.4) is 0 Å². The second-order valence-corrected chi connectivity index (χ2v) is 6.15. The quantitative estimate of drug-likeness (QED) is 0.911. The minimum atomic E-state index is -0.0384. The van der Waals surface area contributed by atoms with Gasteiger partial charge in [-0.05, 0) is 44.1 Å². The molecule has 0 amide bonds. The maximum atomic E-state index is 10.5. The maximum absolute atomic E-state index is 10.5. The van der Waals surface area contributed by atoms with Crippen LogP contribution in [0.4, 0.5) is 0 Å². The Morgan fingerprint density at radius 1 is 1.30 bits per heavy atom. The largest absolute Gasteiger partial charge is 0.507 e. The molecule has 1 aromatic heterocycles.